The summed E-state index contributed by atoms with van der Waals surface area (Å²) in [5, 5.41) is 11.3. The number of rotatable bonds is 6. The van der Waals surface area contributed by atoms with Crippen LogP contribution >= 0.6 is 0 Å². The third kappa shape index (κ3) is 4.40. The van der Waals surface area contributed by atoms with Crippen LogP contribution in [0.5, 0.6) is 0 Å². The molecule has 1 amide bonds. The van der Waals surface area contributed by atoms with Crippen LogP contribution in [0, 0.1) is 5.92 Å². The van der Waals surface area contributed by atoms with Crippen LogP contribution in [0.15, 0.2) is 67.5 Å². The summed E-state index contributed by atoms with van der Waals surface area (Å²) < 4.78 is 0. The quantitative estimate of drug-likeness (QED) is 0.299. The average molecular weight is 490 g/mol. The SMILES string of the molecule is CC(C)CC(=O)Nc1cncc(-c2cc3c(-c4nc5nccc(-c6cccnc6)c5[nH]4)n[nH]c3cn2)c1. The third-order valence-electron chi connectivity index (χ3n) is 5.95. The zero-order valence-electron chi connectivity index (χ0n) is 20.2. The molecule has 6 heterocycles. The van der Waals surface area contributed by atoms with Crippen LogP contribution in [-0.4, -0.2) is 46.0 Å². The molecule has 0 bridgehead atoms. The van der Waals surface area contributed by atoms with E-state index in [4.69, 9.17) is 4.98 Å². The van der Waals surface area contributed by atoms with Crippen molar-refractivity contribution in [1.29, 1.82) is 0 Å². The van der Waals surface area contributed by atoms with Gasteiger partial charge in [-0.2, -0.15) is 5.10 Å². The molecule has 0 aliphatic carbocycles. The number of carbonyl (C=O) groups excluding carboxylic acids is 1. The van der Waals surface area contributed by atoms with Gasteiger partial charge in [0.1, 0.15) is 5.69 Å². The minimum absolute atomic E-state index is 0.0429. The predicted molar refractivity (Wildman–Crippen MR) is 141 cm³/mol. The van der Waals surface area contributed by atoms with Crippen LogP contribution in [-0.2, 0) is 4.79 Å². The van der Waals surface area contributed by atoms with E-state index in [-0.39, 0.29) is 11.8 Å². The second-order valence-corrected chi connectivity index (χ2v) is 9.18. The zero-order chi connectivity index (χ0) is 25.4. The minimum Gasteiger partial charge on any atom is -0.335 e. The van der Waals surface area contributed by atoms with Gasteiger partial charge in [-0.3, -0.25) is 24.8 Å². The predicted octanol–water partition coefficient (Wildman–Crippen LogP) is 5.00. The van der Waals surface area contributed by atoms with Gasteiger partial charge in [-0.25, -0.2) is 9.97 Å². The van der Waals surface area contributed by atoms with E-state index in [1.165, 1.54) is 0 Å². The fraction of sp³-hybridized carbons (Fsp3) is 0.148. The summed E-state index contributed by atoms with van der Waals surface area (Å²) in [6.45, 7) is 4.02. The smallest absolute Gasteiger partial charge is 0.224 e. The fourth-order valence-electron chi connectivity index (χ4n) is 4.27. The number of fused-ring (bicyclic) bond motifs is 2. The van der Waals surface area contributed by atoms with Gasteiger partial charge in [0.25, 0.3) is 0 Å². The molecule has 37 heavy (non-hydrogen) atoms. The van der Waals surface area contributed by atoms with Crippen molar-refractivity contribution in [3.05, 3.63) is 67.5 Å². The molecule has 0 saturated heterocycles. The second-order valence-electron chi connectivity index (χ2n) is 9.18. The topological polar surface area (TPSA) is 138 Å². The molecule has 182 valence electrons. The fourth-order valence-corrected chi connectivity index (χ4v) is 4.27. The van der Waals surface area contributed by atoms with E-state index in [2.05, 4.69) is 40.4 Å². The van der Waals surface area contributed by atoms with Gasteiger partial charge in [-0.05, 0) is 30.2 Å². The first kappa shape index (κ1) is 22.5. The molecule has 0 aliphatic rings. The van der Waals surface area contributed by atoms with Gasteiger partial charge >= 0.3 is 0 Å². The Labute approximate surface area is 211 Å². The lowest BCUT2D eigenvalue weighted by atomic mass is 10.1. The first-order valence-electron chi connectivity index (χ1n) is 11.9. The number of H-pyrrole nitrogens is 2. The third-order valence-corrected chi connectivity index (χ3v) is 5.95. The number of nitrogens with one attached hydrogen (secondary N) is 3. The lowest BCUT2D eigenvalue weighted by Crippen LogP contribution is -2.13. The molecule has 0 aromatic carbocycles. The van der Waals surface area contributed by atoms with Crippen molar-refractivity contribution in [3.8, 4) is 33.9 Å². The molecular formula is C27H23N9O. The van der Waals surface area contributed by atoms with Gasteiger partial charge in [-0.1, -0.05) is 19.9 Å². The molecule has 6 aromatic heterocycles. The molecule has 0 fully saturated rings. The molecule has 6 aromatic rings. The van der Waals surface area contributed by atoms with E-state index < -0.39 is 0 Å². The Balaban J connectivity index is 1.38. The van der Waals surface area contributed by atoms with Gasteiger partial charge in [0, 0.05) is 53.3 Å². The molecule has 10 nitrogen and oxygen atoms in total. The molecule has 3 N–H and O–H groups in total. The summed E-state index contributed by atoms with van der Waals surface area (Å²) in [6.07, 6.45) is 10.8. The average Bonchev–Trinajstić information content (AvgIpc) is 3.52. The summed E-state index contributed by atoms with van der Waals surface area (Å²) in [4.78, 5) is 37.9. The summed E-state index contributed by atoms with van der Waals surface area (Å²) in [5.74, 6) is 0.822. The van der Waals surface area contributed by atoms with Crippen molar-refractivity contribution in [3.63, 3.8) is 0 Å². The zero-order valence-corrected chi connectivity index (χ0v) is 20.2. The van der Waals surface area contributed by atoms with Crippen LogP contribution in [0.25, 0.3) is 56.0 Å². The Morgan fingerprint density at radius 1 is 1.00 bits per heavy atom. The first-order valence-corrected chi connectivity index (χ1v) is 11.9. The number of aromatic amines is 2. The van der Waals surface area contributed by atoms with Crippen LogP contribution in [0.1, 0.15) is 20.3 Å². The van der Waals surface area contributed by atoms with E-state index in [1.807, 2.05) is 50.4 Å². The number of aromatic nitrogens is 8. The summed E-state index contributed by atoms with van der Waals surface area (Å²) in [7, 11) is 0. The van der Waals surface area contributed by atoms with Gasteiger partial charge in [0.05, 0.1) is 34.8 Å². The number of hydrogen-bond acceptors (Lipinski definition) is 7. The maximum atomic E-state index is 12.2. The van der Waals surface area contributed by atoms with Gasteiger partial charge in [0.15, 0.2) is 11.5 Å². The molecule has 0 unspecified atom stereocenters. The summed E-state index contributed by atoms with van der Waals surface area (Å²) >= 11 is 0. The van der Waals surface area contributed by atoms with Crippen LogP contribution in [0.3, 0.4) is 0 Å². The number of imidazole rings is 1. The number of pyridine rings is 4. The molecule has 0 atom stereocenters. The monoisotopic (exact) mass is 489 g/mol. The Bertz CT molecular complexity index is 1740. The number of nitrogens with zero attached hydrogens (tertiary/aromatic N) is 6. The molecular weight excluding hydrogens is 466 g/mol. The maximum absolute atomic E-state index is 12.2. The molecule has 6 rings (SSSR count). The van der Waals surface area contributed by atoms with Gasteiger partial charge in [-0.15, -0.1) is 0 Å². The Hall–Kier alpha value is -4.99. The highest BCUT2D eigenvalue weighted by Gasteiger charge is 2.17. The standard InChI is InChI=1S/C27H23N9O/c1-15(2)8-23(37)32-18-9-17(12-29-13-18)21-10-20-22(14-31-21)35-36-25(20)27-33-24-19(5-7-30-26(24)34-27)16-4-3-6-28-11-16/h3-7,9-15H,8H2,1-2H3,(H,32,37)(H,35,36)(H,30,33,34). The van der Waals surface area contributed by atoms with Crippen LogP contribution in [0.4, 0.5) is 5.69 Å². The number of carbonyl (C=O) groups is 1. The lowest BCUT2D eigenvalue weighted by molar-refractivity contribution is -0.116. The number of amides is 1. The highest BCUT2D eigenvalue weighted by molar-refractivity contribution is 5.97. The normalized spacial score (nSPS) is 11.4. The Kier molecular flexibility index (Phi) is 5.61. The molecule has 10 heteroatoms. The van der Waals surface area contributed by atoms with Crippen molar-refractivity contribution in [2.45, 2.75) is 20.3 Å². The van der Waals surface area contributed by atoms with E-state index >= 15 is 0 Å². The van der Waals surface area contributed by atoms with Crippen molar-refractivity contribution < 1.29 is 4.79 Å². The van der Waals surface area contributed by atoms with E-state index in [0.717, 1.165) is 33.1 Å². The number of anilines is 1. The largest absolute Gasteiger partial charge is 0.335 e. The van der Waals surface area contributed by atoms with Crippen molar-refractivity contribution in [1.82, 2.24) is 40.1 Å². The summed E-state index contributed by atoms with van der Waals surface area (Å²) in [5.41, 5.74) is 6.87. The summed E-state index contributed by atoms with van der Waals surface area (Å²) in [6, 6.07) is 9.63. The van der Waals surface area contributed by atoms with Gasteiger partial charge < -0.3 is 10.3 Å². The second kappa shape index (κ2) is 9.23. The highest BCUT2D eigenvalue weighted by atomic mass is 16.1. The minimum atomic E-state index is -0.0429. The number of hydrogen-bond donors (Lipinski definition) is 3. The Morgan fingerprint density at radius 3 is 2.73 bits per heavy atom. The van der Waals surface area contributed by atoms with Crippen LogP contribution < -0.4 is 5.32 Å². The van der Waals surface area contributed by atoms with E-state index in [1.54, 1.807) is 31.0 Å². The lowest BCUT2D eigenvalue weighted by Gasteiger charge is -2.08. The van der Waals surface area contributed by atoms with Gasteiger partial charge in [0.2, 0.25) is 5.91 Å². The Morgan fingerprint density at radius 2 is 1.89 bits per heavy atom. The van der Waals surface area contributed by atoms with Crippen molar-refractivity contribution in [2.24, 2.45) is 5.92 Å². The van der Waals surface area contributed by atoms with E-state index in [9.17, 15) is 4.79 Å². The highest BCUT2D eigenvalue weighted by Crippen LogP contribution is 2.31. The molecule has 0 radical (unpaired) electrons. The van der Waals surface area contributed by atoms with Crippen molar-refractivity contribution >= 4 is 33.7 Å². The first-order chi connectivity index (χ1) is 18.0. The maximum Gasteiger partial charge on any atom is 0.224 e. The molecule has 0 aliphatic heterocycles. The molecule has 0 saturated carbocycles. The molecule has 0 spiro atoms. The van der Waals surface area contributed by atoms with E-state index in [0.29, 0.717) is 35.0 Å². The van der Waals surface area contributed by atoms with Crippen LogP contribution in [0.2, 0.25) is 0 Å². The van der Waals surface area contributed by atoms with Crippen molar-refractivity contribution in [2.75, 3.05) is 5.32 Å².